The summed E-state index contributed by atoms with van der Waals surface area (Å²) >= 11 is 0. The van der Waals surface area contributed by atoms with Crippen LogP contribution in [0.25, 0.3) is 11.3 Å². The van der Waals surface area contributed by atoms with Gasteiger partial charge in [-0.3, -0.25) is 0 Å². The molecule has 2 heterocycles. The lowest BCUT2D eigenvalue weighted by atomic mass is 10.00. The number of hydrogen-bond acceptors (Lipinski definition) is 5. The van der Waals surface area contributed by atoms with Gasteiger partial charge < -0.3 is 15.5 Å². The molecule has 3 aromatic rings. The lowest BCUT2D eigenvalue weighted by Crippen LogP contribution is -2.43. The van der Waals surface area contributed by atoms with E-state index < -0.39 is 23.4 Å². The van der Waals surface area contributed by atoms with Gasteiger partial charge in [0.05, 0.1) is 12.2 Å². The number of aromatic nitrogens is 2. The van der Waals surface area contributed by atoms with Crippen LogP contribution in [0, 0.1) is 18.6 Å². The van der Waals surface area contributed by atoms with Gasteiger partial charge in [-0.2, -0.15) is 4.98 Å². The van der Waals surface area contributed by atoms with E-state index in [1.807, 2.05) is 50.2 Å². The summed E-state index contributed by atoms with van der Waals surface area (Å²) in [5.74, 6) is -1.28. The van der Waals surface area contributed by atoms with E-state index in [0.717, 1.165) is 34.7 Å². The van der Waals surface area contributed by atoms with Crippen LogP contribution in [0.2, 0.25) is 0 Å². The van der Waals surface area contributed by atoms with E-state index in [-0.39, 0.29) is 18.3 Å². The number of carbonyl (C=O) groups excluding carboxylic acids is 1. The number of halogens is 2. The normalized spacial score (nSPS) is 13.2. The molecule has 0 atom stereocenters. The third-order valence-corrected chi connectivity index (χ3v) is 5.22. The molecular formula is C23H24F2N6O. The van der Waals surface area contributed by atoms with Gasteiger partial charge in [0.1, 0.15) is 17.3 Å². The van der Waals surface area contributed by atoms with E-state index in [9.17, 15) is 13.6 Å². The standard InChI is InChI=1S/C23H24F2N6O/c1-14-7-4-5-8-15(14)19-16-13-27-23(32)31(20-17(24)9-6-10-18(20)25)21(16)29-22(28-19)26-11-12-30(2)3/h4-10H,11-13H2,1-3H3,(H,27,32)(H,26,28,29). The first-order chi connectivity index (χ1) is 15.4. The molecule has 0 unspecified atom stereocenters. The number of nitrogens with one attached hydrogen (secondary N) is 2. The number of rotatable bonds is 6. The van der Waals surface area contributed by atoms with E-state index in [1.54, 1.807) is 0 Å². The van der Waals surface area contributed by atoms with Gasteiger partial charge in [0.2, 0.25) is 5.95 Å². The summed E-state index contributed by atoms with van der Waals surface area (Å²) in [6, 6.07) is 10.5. The largest absolute Gasteiger partial charge is 0.353 e. The van der Waals surface area contributed by atoms with Crippen LogP contribution in [-0.2, 0) is 6.54 Å². The lowest BCUT2D eigenvalue weighted by Gasteiger charge is -2.31. The van der Waals surface area contributed by atoms with Crippen LogP contribution < -0.4 is 15.5 Å². The summed E-state index contributed by atoms with van der Waals surface area (Å²) in [7, 11) is 3.89. The molecule has 2 amide bonds. The molecule has 4 rings (SSSR count). The zero-order valence-corrected chi connectivity index (χ0v) is 18.1. The first-order valence-electron chi connectivity index (χ1n) is 10.2. The molecule has 0 aliphatic carbocycles. The molecule has 1 aromatic heterocycles. The van der Waals surface area contributed by atoms with Crippen molar-refractivity contribution in [1.82, 2.24) is 20.2 Å². The second-order valence-electron chi connectivity index (χ2n) is 7.81. The van der Waals surface area contributed by atoms with Crippen molar-refractivity contribution < 1.29 is 13.6 Å². The summed E-state index contributed by atoms with van der Waals surface area (Å²) in [5, 5.41) is 5.86. The number of hydrogen-bond donors (Lipinski definition) is 2. The molecule has 0 fully saturated rings. The van der Waals surface area contributed by atoms with Crippen molar-refractivity contribution in [3.63, 3.8) is 0 Å². The van der Waals surface area contributed by atoms with Crippen molar-refractivity contribution in [2.45, 2.75) is 13.5 Å². The zero-order valence-electron chi connectivity index (χ0n) is 18.1. The maximum absolute atomic E-state index is 14.7. The number of para-hydroxylation sites is 1. The lowest BCUT2D eigenvalue weighted by molar-refractivity contribution is 0.246. The maximum atomic E-state index is 14.7. The van der Waals surface area contributed by atoms with Crippen LogP contribution in [0.4, 0.5) is 31.0 Å². The Kier molecular flexibility index (Phi) is 6.00. The van der Waals surface area contributed by atoms with Crippen molar-refractivity contribution in [3.8, 4) is 11.3 Å². The van der Waals surface area contributed by atoms with Crippen LogP contribution in [0.3, 0.4) is 0 Å². The Morgan fingerprint density at radius 3 is 2.50 bits per heavy atom. The minimum Gasteiger partial charge on any atom is -0.353 e. The molecule has 1 aliphatic rings. The molecule has 9 heteroatoms. The molecule has 7 nitrogen and oxygen atoms in total. The predicted octanol–water partition coefficient (Wildman–Crippen LogP) is 4.07. The summed E-state index contributed by atoms with van der Waals surface area (Å²) in [5.41, 5.74) is 2.54. The van der Waals surface area contributed by atoms with Crippen LogP contribution in [0.15, 0.2) is 42.5 Å². The third kappa shape index (κ3) is 4.11. The number of benzene rings is 2. The quantitative estimate of drug-likeness (QED) is 0.607. The van der Waals surface area contributed by atoms with Gasteiger partial charge in [-0.05, 0) is 38.7 Å². The number of nitrogens with zero attached hydrogens (tertiary/aromatic N) is 4. The second kappa shape index (κ2) is 8.88. The average Bonchev–Trinajstić information content (AvgIpc) is 2.74. The predicted molar refractivity (Wildman–Crippen MR) is 120 cm³/mol. The van der Waals surface area contributed by atoms with Crippen LogP contribution in [0.1, 0.15) is 11.1 Å². The fourth-order valence-electron chi connectivity index (χ4n) is 3.60. The number of anilines is 3. The molecule has 32 heavy (non-hydrogen) atoms. The number of amides is 2. The van der Waals surface area contributed by atoms with E-state index in [0.29, 0.717) is 17.8 Å². The van der Waals surface area contributed by atoms with Crippen molar-refractivity contribution in [3.05, 3.63) is 65.2 Å². The Labute approximate surface area is 185 Å². The molecule has 166 valence electrons. The van der Waals surface area contributed by atoms with Crippen LogP contribution in [-0.4, -0.2) is 48.1 Å². The van der Waals surface area contributed by atoms with Gasteiger partial charge in [-0.25, -0.2) is 23.5 Å². The highest BCUT2D eigenvalue weighted by Crippen LogP contribution is 2.38. The van der Waals surface area contributed by atoms with Gasteiger partial charge in [0.15, 0.2) is 5.82 Å². The Morgan fingerprint density at radius 2 is 1.81 bits per heavy atom. The molecule has 0 saturated heterocycles. The molecule has 0 bridgehead atoms. The first-order valence-corrected chi connectivity index (χ1v) is 10.2. The Hall–Kier alpha value is -3.59. The topological polar surface area (TPSA) is 73.4 Å². The van der Waals surface area contributed by atoms with Gasteiger partial charge >= 0.3 is 6.03 Å². The number of likely N-dealkylation sites (N-methyl/N-ethyl adjacent to an activating group) is 1. The van der Waals surface area contributed by atoms with E-state index in [4.69, 9.17) is 4.98 Å². The molecule has 0 radical (unpaired) electrons. The van der Waals surface area contributed by atoms with Gasteiger partial charge in [0, 0.05) is 24.2 Å². The van der Waals surface area contributed by atoms with Crippen molar-refractivity contribution >= 4 is 23.5 Å². The molecule has 2 aromatic carbocycles. The Bertz CT molecular complexity index is 1150. The Balaban J connectivity index is 1.91. The Morgan fingerprint density at radius 1 is 1.09 bits per heavy atom. The SMILES string of the molecule is Cc1ccccc1-c1nc(NCCN(C)C)nc2c1CNC(=O)N2c1c(F)cccc1F. The van der Waals surface area contributed by atoms with Gasteiger partial charge in [0.25, 0.3) is 0 Å². The maximum Gasteiger partial charge on any atom is 0.328 e. The molecule has 0 saturated carbocycles. The van der Waals surface area contributed by atoms with E-state index in [2.05, 4.69) is 15.6 Å². The summed E-state index contributed by atoms with van der Waals surface area (Å²) in [4.78, 5) is 24.9. The average molecular weight is 438 g/mol. The van der Waals surface area contributed by atoms with Gasteiger partial charge in [-0.15, -0.1) is 0 Å². The summed E-state index contributed by atoms with van der Waals surface area (Å²) in [6.45, 7) is 3.38. The van der Waals surface area contributed by atoms with E-state index in [1.165, 1.54) is 6.07 Å². The van der Waals surface area contributed by atoms with Crippen LogP contribution in [0.5, 0.6) is 0 Å². The number of aryl methyl sites for hydroxylation is 1. The van der Waals surface area contributed by atoms with Gasteiger partial charge in [-0.1, -0.05) is 30.3 Å². The molecule has 2 N–H and O–H groups in total. The fourth-order valence-corrected chi connectivity index (χ4v) is 3.60. The van der Waals surface area contributed by atoms with Crippen molar-refractivity contribution in [2.75, 3.05) is 37.4 Å². The minimum absolute atomic E-state index is 0.141. The summed E-state index contributed by atoms with van der Waals surface area (Å²) < 4.78 is 29.3. The minimum atomic E-state index is -0.855. The first kappa shape index (κ1) is 21.6. The number of fused-ring (bicyclic) bond motifs is 1. The second-order valence-corrected chi connectivity index (χ2v) is 7.81. The van der Waals surface area contributed by atoms with Crippen LogP contribution >= 0.6 is 0 Å². The monoisotopic (exact) mass is 438 g/mol. The molecular weight excluding hydrogens is 414 g/mol. The molecule has 1 aliphatic heterocycles. The smallest absolute Gasteiger partial charge is 0.328 e. The zero-order chi connectivity index (χ0) is 22.8. The van der Waals surface area contributed by atoms with E-state index >= 15 is 0 Å². The third-order valence-electron chi connectivity index (χ3n) is 5.22. The van der Waals surface area contributed by atoms with Crippen molar-refractivity contribution in [1.29, 1.82) is 0 Å². The van der Waals surface area contributed by atoms with Crippen molar-refractivity contribution in [2.24, 2.45) is 0 Å². The summed E-state index contributed by atoms with van der Waals surface area (Å²) in [6.07, 6.45) is 0. The number of carbonyl (C=O) groups is 1. The molecule has 0 spiro atoms. The highest BCUT2D eigenvalue weighted by Gasteiger charge is 2.34. The highest BCUT2D eigenvalue weighted by atomic mass is 19.1. The fraction of sp³-hybridized carbons (Fsp3) is 0.261. The highest BCUT2D eigenvalue weighted by molar-refractivity contribution is 6.02. The number of urea groups is 1.